The van der Waals surface area contributed by atoms with Gasteiger partial charge in [0.15, 0.2) is 0 Å². The Labute approximate surface area is 90.8 Å². The molecule has 0 unspecified atom stereocenters. The molecular formula is C14H15N. The molecule has 0 saturated carbocycles. The summed E-state index contributed by atoms with van der Waals surface area (Å²) in [4.78, 5) is 4.03. The number of hydrogen-bond donors (Lipinski definition) is 0. The summed E-state index contributed by atoms with van der Waals surface area (Å²) >= 11 is 0. The number of pyridine rings is 1. The lowest BCUT2D eigenvalue weighted by Crippen LogP contribution is -1.88. The maximum atomic E-state index is 4.03. The van der Waals surface area contributed by atoms with Crippen LogP contribution in [0.15, 0.2) is 36.7 Å². The molecule has 1 heteroatoms. The van der Waals surface area contributed by atoms with Gasteiger partial charge in [0.05, 0.1) is 0 Å². The largest absolute Gasteiger partial charge is 0.265 e. The normalized spacial score (nSPS) is 10.3. The van der Waals surface area contributed by atoms with Crippen LogP contribution in [-0.4, -0.2) is 4.98 Å². The van der Waals surface area contributed by atoms with Crippen molar-refractivity contribution in [2.24, 2.45) is 0 Å². The summed E-state index contributed by atoms with van der Waals surface area (Å²) in [6.45, 7) is 6.49. The van der Waals surface area contributed by atoms with Crippen molar-refractivity contribution in [2.45, 2.75) is 20.8 Å². The fraction of sp³-hybridized carbons (Fsp3) is 0.214. The molecule has 2 rings (SSSR count). The lowest BCUT2D eigenvalue weighted by Gasteiger charge is -2.08. The molecule has 1 nitrogen and oxygen atoms in total. The van der Waals surface area contributed by atoms with Crippen molar-refractivity contribution in [3.8, 4) is 11.1 Å². The van der Waals surface area contributed by atoms with Crippen LogP contribution in [0.3, 0.4) is 0 Å². The van der Waals surface area contributed by atoms with Crippen LogP contribution in [0.4, 0.5) is 0 Å². The van der Waals surface area contributed by atoms with Gasteiger partial charge in [-0.3, -0.25) is 4.98 Å². The number of nitrogens with zero attached hydrogens (tertiary/aromatic N) is 1. The second kappa shape index (κ2) is 3.85. The molecule has 0 saturated heterocycles. The van der Waals surface area contributed by atoms with Crippen LogP contribution >= 0.6 is 0 Å². The Hall–Kier alpha value is -1.63. The summed E-state index contributed by atoms with van der Waals surface area (Å²) in [5, 5.41) is 0. The Kier molecular flexibility index (Phi) is 2.55. The van der Waals surface area contributed by atoms with Gasteiger partial charge in [0.25, 0.3) is 0 Å². The fourth-order valence-corrected chi connectivity index (χ4v) is 1.75. The molecule has 15 heavy (non-hydrogen) atoms. The topological polar surface area (TPSA) is 12.9 Å². The van der Waals surface area contributed by atoms with Gasteiger partial charge in [0, 0.05) is 12.4 Å². The molecule has 0 spiro atoms. The minimum absolute atomic E-state index is 1.23. The molecule has 0 fully saturated rings. The number of aromatic nitrogens is 1. The second-order valence-electron chi connectivity index (χ2n) is 3.97. The van der Waals surface area contributed by atoms with E-state index >= 15 is 0 Å². The van der Waals surface area contributed by atoms with Crippen molar-refractivity contribution in [3.05, 3.63) is 53.3 Å². The second-order valence-corrected chi connectivity index (χ2v) is 3.97. The van der Waals surface area contributed by atoms with Gasteiger partial charge in [-0.2, -0.15) is 0 Å². The average Bonchev–Trinajstić information content (AvgIpc) is 2.26. The number of aryl methyl sites for hydroxylation is 2. The van der Waals surface area contributed by atoms with Gasteiger partial charge in [0.2, 0.25) is 0 Å². The average molecular weight is 197 g/mol. The van der Waals surface area contributed by atoms with Crippen LogP contribution in [0.5, 0.6) is 0 Å². The Morgan fingerprint density at radius 1 is 0.800 bits per heavy atom. The molecule has 0 bridgehead atoms. The van der Waals surface area contributed by atoms with Gasteiger partial charge in [-0.25, -0.2) is 0 Å². The highest BCUT2D eigenvalue weighted by Gasteiger charge is 2.02. The van der Waals surface area contributed by atoms with Crippen molar-refractivity contribution < 1.29 is 0 Å². The number of rotatable bonds is 1. The molecule has 0 amide bonds. The molecule has 1 aromatic heterocycles. The molecule has 0 radical (unpaired) electrons. The van der Waals surface area contributed by atoms with E-state index in [4.69, 9.17) is 0 Å². The number of hydrogen-bond acceptors (Lipinski definition) is 1. The van der Waals surface area contributed by atoms with Crippen molar-refractivity contribution in [1.82, 2.24) is 4.98 Å². The number of benzene rings is 1. The van der Waals surface area contributed by atoms with Gasteiger partial charge in [-0.05, 0) is 60.7 Å². The summed E-state index contributed by atoms with van der Waals surface area (Å²) in [6.07, 6.45) is 3.67. The first-order chi connectivity index (χ1) is 7.18. The first-order valence-corrected chi connectivity index (χ1v) is 5.17. The minimum atomic E-state index is 1.23. The Bertz CT molecular complexity index is 449. The van der Waals surface area contributed by atoms with Crippen molar-refractivity contribution in [3.63, 3.8) is 0 Å². The van der Waals surface area contributed by atoms with Crippen LogP contribution in [-0.2, 0) is 0 Å². The zero-order valence-electron chi connectivity index (χ0n) is 9.41. The highest BCUT2D eigenvalue weighted by atomic mass is 14.6. The maximum Gasteiger partial charge on any atom is 0.0273 e. The van der Waals surface area contributed by atoms with Gasteiger partial charge >= 0.3 is 0 Å². The minimum Gasteiger partial charge on any atom is -0.265 e. The first kappa shape index (κ1) is 9.91. The molecule has 76 valence electrons. The maximum absolute atomic E-state index is 4.03. The van der Waals surface area contributed by atoms with E-state index in [2.05, 4.69) is 37.9 Å². The third kappa shape index (κ3) is 1.91. The van der Waals surface area contributed by atoms with E-state index in [1.807, 2.05) is 24.5 Å². The highest BCUT2D eigenvalue weighted by Crippen LogP contribution is 2.24. The van der Waals surface area contributed by atoms with Crippen LogP contribution in [0.2, 0.25) is 0 Å². The summed E-state index contributed by atoms with van der Waals surface area (Å²) in [7, 11) is 0. The summed E-state index contributed by atoms with van der Waals surface area (Å²) in [5.74, 6) is 0. The van der Waals surface area contributed by atoms with E-state index in [1.54, 1.807) is 0 Å². The third-order valence-electron chi connectivity index (χ3n) is 2.94. The molecule has 0 N–H and O–H groups in total. The molecular weight excluding hydrogens is 182 g/mol. The van der Waals surface area contributed by atoms with Crippen molar-refractivity contribution >= 4 is 0 Å². The lowest BCUT2D eigenvalue weighted by atomic mass is 9.97. The quantitative estimate of drug-likeness (QED) is 0.679. The van der Waals surface area contributed by atoms with E-state index < -0.39 is 0 Å². The van der Waals surface area contributed by atoms with Gasteiger partial charge in [-0.1, -0.05) is 12.1 Å². The van der Waals surface area contributed by atoms with E-state index in [9.17, 15) is 0 Å². The van der Waals surface area contributed by atoms with Crippen molar-refractivity contribution in [1.29, 1.82) is 0 Å². The Balaban J connectivity index is 2.56. The third-order valence-corrected chi connectivity index (χ3v) is 2.94. The Morgan fingerprint density at radius 2 is 1.33 bits per heavy atom. The smallest absolute Gasteiger partial charge is 0.0273 e. The predicted molar refractivity (Wildman–Crippen MR) is 63.9 cm³/mol. The molecule has 0 atom stereocenters. The van der Waals surface area contributed by atoms with Crippen LogP contribution in [0.1, 0.15) is 16.7 Å². The molecule has 0 aliphatic carbocycles. The van der Waals surface area contributed by atoms with Crippen LogP contribution in [0, 0.1) is 20.8 Å². The SMILES string of the molecule is Cc1cc(-c2ccncc2)cc(C)c1C. The molecule has 0 aliphatic heterocycles. The van der Waals surface area contributed by atoms with Gasteiger partial charge < -0.3 is 0 Å². The lowest BCUT2D eigenvalue weighted by molar-refractivity contribution is 1.26. The first-order valence-electron chi connectivity index (χ1n) is 5.17. The zero-order chi connectivity index (χ0) is 10.8. The van der Waals surface area contributed by atoms with E-state index in [1.165, 1.54) is 27.8 Å². The Morgan fingerprint density at radius 3 is 1.87 bits per heavy atom. The summed E-state index contributed by atoms with van der Waals surface area (Å²) < 4.78 is 0. The predicted octanol–water partition coefficient (Wildman–Crippen LogP) is 3.67. The highest BCUT2D eigenvalue weighted by molar-refractivity contribution is 5.65. The molecule has 0 aliphatic rings. The van der Waals surface area contributed by atoms with E-state index in [0.29, 0.717) is 0 Å². The van der Waals surface area contributed by atoms with Crippen molar-refractivity contribution in [2.75, 3.05) is 0 Å². The van der Waals surface area contributed by atoms with Crippen LogP contribution in [0.25, 0.3) is 11.1 Å². The molecule has 2 aromatic rings. The molecule has 1 aromatic carbocycles. The van der Waals surface area contributed by atoms with Gasteiger partial charge in [-0.15, -0.1) is 0 Å². The van der Waals surface area contributed by atoms with E-state index in [-0.39, 0.29) is 0 Å². The van der Waals surface area contributed by atoms with E-state index in [0.717, 1.165) is 0 Å². The monoisotopic (exact) mass is 197 g/mol. The summed E-state index contributed by atoms with van der Waals surface area (Å²) in [6, 6.07) is 8.56. The van der Waals surface area contributed by atoms with Crippen LogP contribution < -0.4 is 0 Å². The standard InChI is InChI=1S/C14H15N/c1-10-8-14(9-11(2)12(10)3)13-4-6-15-7-5-13/h4-9H,1-3H3. The van der Waals surface area contributed by atoms with Gasteiger partial charge in [0.1, 0.15) is 0 Å². The molecule has 1 heterocycles. The summed E-state index contributed by atoms with van der Waals surface area (Å²) in [5.41, 5.74) is 6.59. The fourth-order valence-electron chi connectivity index (χ4n) is 1.75. The zero-order valence-corrected chi connectivity index (χ0v) is 9.41.